The van der Waals surface area contributed by atoms with Crippen LogP contribution in [0.5, 0.6) is 0 Å². The second kappa shape index (κ2) is 7.81. The Hall–Kier alpha value is -2.91. The second-order valence-electron chi connectivity index (χ2n) is 9.76. The van der Waals surface area contributed by atoms with Crippen LogP contribution in [0, 0.1) is 6.92 Å². The summed E-state index contributed by atoms with van der Waals surface area (Å²) in [4.78, 5) is 21.3. The molecule has 0 unspecified atom stereocenters. The Morgan fingerprint density at radius 1 is 1.15 bits per heavy atom. The summed E-state index contributed by atoms with van der Waals surface area (Å²) in [5.74, 6) is 0. The molecule has 8 nitrogen and oxygen atoms in total. The number of likely N-dealkylation sites (tertiary alicyclic amines) is 1. The summed E-state index contributed by atoms with van der Waals surface area (Å²) in [7, 11) is -3.30. The Morgan fingerprint density at radius 2 is 1.97 bits per heavy atom. The third-order valence-electron chi connectivity index (χ3n) is 7.58. The summed E-state index contributed by atoms with van der Waals surface area (Å²) >= 11 is 0. The molecule has 0 radical (unpaired) electrons. The Kier molecular flexibility index (Phi) is 4.97. The normalized spacial score (nSPS) is 21.2. The first-order valence-corrected chi connectivity index (χ1v) is 13.4. The van der Waals surface area contributed by atoms with E-state index in [9.17, 15) is 18.3 Å². The van der Waals surface area contributed by atoms with Crippen LogP contribution in [0.4, 0.5) is 4.79 Å². The fourth-order valence-corrected chi connectivity index (χ4v) is 7.35. The fourth-order valence-electron chi connectivity index (χ4n) is 5.54. The van der Waals surface area contributed by atoms with Gasteiger partial charge in [0.05, 0.1) is 11.3 Å². The van der Waals surface area contributed by atoms with Gasteiger partial charge in [-0.25, -0.2) is 18.2 Å². The number of fused-ring (bicyclic) bond motifs is 2. The van der Waals surface area contributed by atoms with Gasteiger partial charge in [-0.3, -0.25) is 0 Å². The molecule has 1 aromatic carbocycles. The molecule has 1 saturated heterocycles. The van der Waals surface area contributed by atoms with Crippen molar-refractivity contribution in [2.45, 2.75) is 56.9 Å². The van der Waals surface area contributed by atoms with E-state index in [0.717, 1.165) is 70.1 Å². The number of hydrogen-bond acceptors (Lipinski definition) is 4. The number of amides is 1. The van der Waals surface area contributed by atoms with E-state index in [-0.39, 0.29) is 11.3 Å². The van der Waals surface area contributed by atoms with E-state index >= 15 is 0 Å². The topological polar surface area (TPSA) is 107 Å². The molecule has 0 bridgehead atoms. The van der Waals surface area contributed by atoms with Crippen molar-refractivity contribution in [1.29, 1.82) is 0 Å². The monoisotopic (exact) mass is 480 g/mol. The molecule has 3 aliphatic rings. The van der Waals surface area contributed by atoms with Crippen LogP contribution in [0.15, 0.2) is 30.6 Å². The standard InChI is InChI=1S/C25H28N4O4S/c1-15-12-26-24-20(15)11-18(13-27-24)17-9-16-6-8-28(34(32,33)19-4-5-19)14-22(16)21(10-17)23-3-2-7-29(23)25(30)31/h9-13,19,23H,2-8,14H2,1H3,(H,26,27)(H,30,31)/t23-/m0/s1. The molecule has 2 N–H and O–H groups in total. The zero-order valence-electron chi connectivity index (χ0n) is 19.1. The fraction of sp³-hybridized carbons (Fsp3) is 0.440. The van der Waals surface area contributed by atoms with E-state index in [1.165, 1.54) is 4.90 Å². The van der Waals surface area contributed by atoms with Crippen LogP contribution in [0.2, 0.25) is 0 Å². The van der Waals surface area contributed by atoms with Crippen LogP contribution in [-0.4, -0.2) is 57.1 Å². The number of carbonyl (C=O) groups is 1. The number of sulfonamides is 1. The van der Waals surface area contributed by atoms with Gasteiger partial charge in [-0.15, -0.1) is 0 Å². The molecule has 178 valence electrons. The van der Waals surface area contributed by atoms with E-state index in [2.05, 4.69) is 28.2 Å². The third-order valence-corrected chi connectivity index (χ3v) is 9.92. The second-order valence-corrected chi connectivity index (χ2v) is 12.0. The Labute approximate surface area is 198 Å². The van der Waals surface area contributed by atoms with E-state index in [0.29, 0.717) is 26.1 Å². The Balaban J connectivity index is 1.48. The quantitative estimate of drug-likeness (QED) is 0.582. The highest BCUT2D eigenvalue weighted by atomic mass is 32.2. The first-order chi connectivity index (χ1) is 16.3. The van der Waals surface area contributed by atoms with Crippen molar-refractivity contribution in [3.8, 4) is 11.1 Å². The van der Waals surface area contributed by atoms with Crippen LogP contribution in [-0.2, 0) is 23.0 Å². The number of hydrogen-bond donors (Lipinski definition) is 2. The van der Waals surface area contributed by atoms with Crippen LogP contribution >= 0.6 is 0 Å². The largest absolute Gasteiger partial charge is 0.465 e. The van der Waals surface area contributed by atoms with Gasteiger partial charge in [-0.1, -0.05) is 6.07 Å². The molecular formula is C25H28N4O4S. The molecule has 2 fully saturated rings. The highest BCUT2D eigenvalue weighted by Gasteiger charge is 2.42. The summed E-state index contributed by atoms with van der Waals surface area (Å²) in [6, 6.07) is 6.07. The average molecular weight is 481 g/mol. The predicted octanol–water partition coefficient (Wildman–Crippen LogP) is 4.20. The van der Waals surface area contributed by atoms with Gasteiger partial charge in [0.1, 0.15) is 5.65 Å². The molecule has 2 aliphatic heterocycles. The molecule has 9 heteroatoms. The van der Waals surface area contributed by atoms with Gasteiger partial charge >= 0.3 is 6.09 Å². The van der Waals surface area contributed by atoms with Crippen LogP contribution in [0.3, 0.4) is 0 Å². The van der Waals surface area contributed by atoms with Crippen molar-refractivity contribution < 1.29 is 18.3 Å². The Bertz CT molecular complexity index is 1410. The highest BCUT2D eigenvalue weighted by molar-refractivity contribution is 7.90. The first-order valence-electron chi connectivity index (χ1n) is 11.9. The van der Waals surface area contributed by atoms with Gasteiger partial charge in [-0.05, 0) is 79.0 Å². The number of aromatic amines is 1. The molecule has 3 aromatic rings. The maximum absolute atomic E-state index is 13.0. The molecule has 34 heavy (non-hydrogen) atoms. The lowest BCUT2D eigenvalue weighted by atomic mass is 9.87. The van der Waals surface area contributed by atoms with Gasteiger partial charge in [0, 0.05) is 43.0 Å². The molecule has 4 heterocycles. The van der Waals surface area contributed by atoms with Crippen LogP contribution in [0.1, 0.15) is 54.0 Å². The number of carboxylic acid groups (broad SMARTS) is 1. The maximum Gasteiger partial charge on any atom is 0.407 e. The number of H-pyrrole nitrogens is 1. The van der Waals surface area contributed by atoms with Crippen molar-refractivity contribution in [2.75, 3.05) is 13.1 Å². The SMILES string of the molecule is Cc1c[nH]c2ncc(-c3cc4c(c([C@@H]5CCCN5C(=O)O)c3)CN(S(=O)(=O)C3CC3)CC4)cc12. The minimum Gasteiger partial charge on any atom is -0.465 e. The number of pyridine rings is 1. The lowest BCUT2D eigenvalue weighted by molar-refractivity contribution is 0.140. The minimum atomic E-state index is -3.30. The van der Waals surface area contributed by atoms with E-state index in [1.54, 1.807) is 4.31 Å². The molecule has 1 saturated carbocycles. The number of nitrogens with zero attached hydrogens (tertiary/aromatic N) is 3. The average Bonchev–Trinajstić information content (AvgIpc) is 3.48. The van der Waals surface area contributed by atoms with E-state index in [4.69, 9.17) is 0 Å². The molecule has 2 aromatic heterocycles. The third kappa shape index (κ3) is 3.49. The molecule has 1 amide bonds. The predicted molar refractivity (Wildman–Crippen MR) is 129 cm³/mol. The lowest BCUT2D eigenvalue weighted by Crippen LogP contribution is -2.39. The Morgan fingerprint density at radius 3 is 2.74 bits per heavy atom. The number of benzene rings is 1. The molecule has 1 atom stereocenters. The number of aromatic nitrogens is 2. The summed E-state index contributed by atoms with van der Waals surface area (Å²) in [5, 5.41) is 10.6. The minimum absolute atomic E-state index is 0.249. The molecule has 1 aliphatic carbocycles. The van der Waals surface area contributed by atoms with Gasteiger partial charge in [0.25, 0.3) is 0 Å². The lowest BCUT2D eigenvalue weighted by Gasteiger charge is -2.33. The number of aryl methyl sites for hydroxylation is 1. The van der Waals surface area contributed by atoms with Gasteiger partial charge in [-0.2, -0.15) is 4.31 Å². The maximum atomic E-state index is 13.0. The zero-order chi connectivity index (χ0) is 23.6. The summed E-state index contributed by atoms with van der Waals surface area (Å²) < 4.78 is 27.6. The molecule has 0 spiro atoms. The van der Waals surface area contributed by atoms with Crippen molar-refractivity contribution >= 4 is 27.1 Å². The van der Waals surface area contributed by atoms with Crippen molar-refractivity contribution in [2.24, 2.45) is 0 Å². The number of nitrogens with one attached hydrogen (secondary N) is 1. The van der Waals surface area contributed by atoms with E-state index < -0.39 is 16.1 Å². The van der Waals surface area contributed by atoms with Gasteiger partial charge in [0.2, 0.25) is 10.0 Å². The summed E-state index contributed by atoms with van der Waals surface area (Å²) in [5.41, 5.74) is 6.97. The van der Waals surface area contributed by atoms with Crippen LogP contribution < -0.4 is 0 Å². The summed E-state index contributed by atoms with van der Waals surface area (Å²) in [6.45, 7) is 3.33. The van der Waals surface area contributed by atoms with Crippen molar-refractivity contribution in [3.05, 3.63) is 52.8 Å². The van der Waals surface area contributed by atoms with Crippen molar-refractivity contribution in [3.63, 3.8) is 0 Å². The highest BCUT2D eigenvalue weighted by Crippen LogP contribution is 2.41. The summed E-state index contributed by atoms with van der Waals surface area (Å²) in [6.07, 6.45) is 6.51. The molecule has 6 rings (SSSR count). The number of rotatable bonds is 4. The van der Waals surface area contributed by atoms with Crippen molar-refractivity contribution in [1.82, 2.24) is 19.2 Å². The van der Waals surface area contributed by atoms with E-state index in [1.807, 2.05) is 19.3 Å². The first kappa shape index (κ1) is 21.6. The van der Waals surface area contributed by atoms with Crippen LogP contribution in [0.25, 0.3) is 22.2 Å². The van der Waals surface area contributed by atoms with Gasteiger partial charge in [0.15, 0.2) is 0 Å². The zero-order valence-corrected chi connectivity index (χ0v) is 19.9. The van der Waals surface area contributed by atoms with Gasteiger partial charge < -0.3 is 15.0 Å². The molecular weight excluding hydrogens is 452 g/mol. The smallest absolute Gasteiger partial charge is 0.407 e.